The number of benzene rings is 10. The van der Waals surface area contributed by atoms with E-state index in [0.717, 1.165) is 71.5 Å². The molecule has 0 atom stereocenters. The number of fused-ring (bicyclic) bond motifs is 8. The molecule has 3 nitrogen and oxygen atoms in total. The highest BCUT2D eigenvalue weighted by Gasteiger charge is 2.16. The fraction of sp³-hybridized carbons (Fsp3) is 0. The molecule has 0 N–H and O–H groups in total. The Morgan fingerprint density at radius 2 is 0.820 bits per heavy atom. The van der Waals surface area contributed by atoms with Crippen molar-refractivity contribution in [1.29, 1.82) is 0 Å². The zero-order valence-electron chi connectivity index (χ0n) is 38.5. The Bertz CT molecular complexity index is 3990. The summed E-state index contributed by atoms with van der Waals surface area (Å²) in [5.41, 5.74) is 6.33. The molecule has 0 aliphatic carbocycles. The van der Waals surface area contributed by atoms with Crippen LogP contribution in [0.2, 0.25) is 0 Å². The molecular weight excluding hydrogens is 759 g/mol. The third-order valence-corrected chi connectivity index (χ3v) is 12.4. The van der Waals surface area contributed by atoms with Crippen LogP contribution in [0.3, 0.4) is 0 Å². The molecule has 10 aromatic carbocycles. The van der Waals surface area contributed by atoms with E-state index in [4.69, 9.17) is 16.3 Å². The number of hydrogen-bond acceptors (Lipinski definition) is 4. The minimum atomic E-state index is -0.274. The molecule has 12 aromatic rings. The van der Waals surface area contributed by atoms with E-state index < -0.39 is 0 Å². The summed E-state index contributed by atoms with van der Waals surface area (Å²) in [6.45, 7) is 0. The van der Waals surface area contributed by atoms with E-state index >= 15 is 0 Å². The number of hydrogen-bond donors (Lipinski definition) is 0. The second kappa shape index (κ2) is 14.5. The van der Waals surface area contributed by atoms with E-state index in [9.17, 15) is 6.85 Å². The Morgan fingerprint density at radius 1 is 0.295 bits per heavy atom. The molecule has 284 valence electrons. The van der Waals surface area contributed by atoms with E-state index in [2.05, 4.69) is 54.6 Å². The monoisotopic (exact) mass is 799 g/mol. The maximum absolute atomic E-state index is 9.76. The Labute approximate surface area is 365 Å². The maximum atomic E-state index is 9.76. The van der Waals surface area contributed by atoms with E-state index in [0.29, 0.717) is 32.2 Å². The second-order valence-corrected chi connectivity index (χ2v) is 16.1. The first kappa shape index (κ1) is 29.4. The highest BCUT2D eigenvalue weighted by atomic mass is 32.1. The van der Waals surface area contributed by atoms with Crippen LogP contribution in [0.1, 0.15) is 8.22 Å². The molecule has 0 bridgehead atoms. The van der Waals surface area contributed by atoms with Gasteiger partial charge in [0.2, 0.25) is 0 Å². The van der Waals surface area contributed by atoms with Gasteiger partial charge < -0.3 is 0 Å². The fourth-order valence-electron chi connectivity index (χ4n) is 8.28. The van der Waals surface area contributed by atoms with Crippen molar-refractivity contribution in [2.75, 3.05) is 0 Å². The number of thiophene rings is 1. The van der Waals surface area contributed by atoms with Crippen molar-refractivity contribution in [1.82, 2.24) is 15.0 Å². The molecule has 0 saturated heterocycles. The van der Waals surface area contributed by atoms with Crippen LogP contribution in [0.25, 0.3) is 120 Å². The predicted molar refractivity (Wildman–Crippen MR) is 258 cm³/mol. The van der Waals surface area contributed by atoms with Crippen LogP contribution in [0, 0.1) is 0 Å². The van der Waals surface area contributed by atoms with Gasteiger partial charge in [-0.2, -0.15) is 0 Å². The Kier molecular flexibility index (Phi) is 6.99. The van der Waals surface area contributed by atoms with Gasteiger partial charge in [-0.3, -0.25) is 0 Å². The molecule has 4 heteroatoms. The third-order valence-electron chi connectivity index (χ3n) is 11.4. The van der Waals surface area contributed by atoms with Gasteiger partial charge >= 0.3 is 0 Å². The first-order chi connectivity index (χ1) is 32.7. The first-order valence-electron chi connectivity index (χ1n) is 23.1. The van der Waals surface area contributed by atoms with Gasteiger partial charge in [0.05, 0.1) is 8.22 Å². The molecule has 2 aromatic heterocycles. The minimum Gasteiger partial charge on any atom is -0.208 e. The van der Waals surface area contributed by atoms with Gasteiger partial charge in [0, 0.05) is 36.9 Å². The van der Waals surface area contributed by atoms with Gasteiger partial charge in [-0.1, -0.05) is 182 Å². The van der Waals surface area contributed by atoms with E-state index in [-0.39, 0.29) is 64.0 Å². The molecule has 0 aliphatic rings. The topological polar surface area (TPSA) is 38.7 Å². The molecule has 0 unspecified atom stereocenters. The SMILES string of the molecule is [2H]c1c(-c2ccc(-c3ccccc3)cc2)c([2H])c2c(sc3c([2H])c(-c4nc(-c5cccc(-c6ccccc6)c5)nc(-c5ccc6ccc7c8ccccc8ccc7c6c5)n4)c([2H])c([2H])c32)c1[2H]. The normalized spacial score (nSPS) is 13.0. The summed E-state index contributed by atoms with van der Waals surface area (Å²) in [7, 11) is 0. The van der Waals surface area contributed by atoms with Crippen LogP contribution in [0.15, 0.2) is 212 Å². The molecule has 12 rings (SSSR count). The van der Waals surface area contributed by atoms with Crippen molar-refractivity contribution in [2.45, 2.75) is 0 Å². The average Bonchev–Trinajstić information content (AvgIpc) is 3.80. The number of nitrogens with zero attached hydrogens (tertiary/aromatic N) is 3. The minimum absolute atomic E-state index is 0.0189. The van der Waals surface area contributed by atoms with Gasteiger partial charge in [-0.05, 0) is 96.0 Å². The van der Waals surface area contributed by atoms with Crippen LogP contribution in [0.5, 0.6) is 0 Å². The van der Waals surface area contributed by atoms with Crippen LogP contribution in [0.4, 0.5) is 0 Å². The summed E-state index contributed by atoms with van der Waals surface area (Å²) in [5.74, 6) is 0.747. The molecule has 0 saturated carbocycles. The zero-order valence-corrected chi connectivity index (χ0v) is 33.3. The largest absolute Gasteiger partial charge is 0.208 e. The van der Waals surface area contributed by atoms with Crippen LogP contribution in [-0.4, -0.2) is 15.0 Å². The van der Waals surface area contributed by atoms with Gasteiger partial charge in [0.1, 0.15) is 0 Å². The summed E-state index contributed by atoms with van der Waals surface area (Å²) < 4.78 is 57.4. The van der Waals surface area contributed by atoms with Crippen LogP contribution >= 0.6 is 11.3 Å². The van der Waals surface area contributed by atoms with Gasteiger partial charge in [-0.25, -0.2) is 15.0 Å². The fourth-order valence-corrected chi connectivity index (χ4v) is 9.25. The van der Waals surface area contributed by atoms with Crippen molar-refractivity contribution in [3.8, 4) is 67.5 Å². The molecular formula is C57H35N3S. The summed E-state index contributed by atoms with van der Waals surface area (Å²) in [5, 5.41) is 7.13. The van der Waals surface area contributed by atoms with Crippen molar-refractivity contribution in [2.24, 2.45) is 0 Å². The lowest BCUT2D eigenvalue weighted by Crippen LogP contribution is -2.00. The zero-order chi connectivity index (χ0) is 45.5. The Balaban J connectivity index is 1.06. The standard InChI is InChI=1S/C57H35N3S/c1-3-10-36(11-4-1)38-18-20-39(21-19-38)43-27-31-53-52(33-43)50-30-26-46(35-54(50)61-53)57-59-55(44-16-9-15-42(32-44)37-12-5-2-6-13-37)58-56(60-57)45-23-22-41-25-28-48-47-17-8-7-14-40(47)24-29-49(48)51(41)34-45/h1-35H/i26D,27D,30D,31D,33D,35D. The second-order valence-electron chi connectivity index (χ2n) is 15.1. The molecule has 61 heavy (non-hydrogen) atoms. The molecule has 0 spiro atoms. The highest BCUT2D eigenvalue weighted by molar-refractivity contribution is 7.25. The summed E-state index contributed by atoms with van der Waals surface area (Å²) in [6, 6.07) is 57.7. The highest BCUT2D eigenvalue weighted by Crippen LogP contribution is 2.40. The van der Waals surface area contributed by atoms with Crippen molar-refractivity contribution in [3.05, 3.63) is 212 Å². The van der Waals surface area contributed by atoms with Gasteiger partial charge in [0.25, 0.3) is 0 Å². The predicted octanol–water partition coefficient (Wildman–Crippen LogP) is 15.7. The molecule has 0 radical (unpaired) electrons. The lowest BCUT2D eigenvalue weighted by atomic mass is 9.96. The summed E-state index contributed by atoms with van der Waals surface area (Å²) in [6.07, 6.45) is 0. The Morgan fingerprint density at radius 3 is 1.57 bits per heavy atom. The van der Waals surface area contributed by atoms with Crippen molar-refractivity contribution in [3.63, 3.8) is 0 Å². The number of aromatic nitrogens is 3. The van der Waals surface area contributed by atoms with E-state index in [1.165, 1.54) is 0 Å². The van der Waals surface area contributed by atoms with Crippen molar-refractivity contribution < 1.29 is 8.22 Å². The lowest BCUT2D eigenvalue weighted by Gasteiger charge is -2.11. The van der Waals surface area contributed by atoms with E-state index in [1.807, 2.05) is 121 Å². The van der Waals surface area contributed by atoms with Gasteiger partial charge in [-0.15, -0.1) is 11.3 Å². The molecule has 0 amide bonds. The summed E-state index contributed by atoms with van der Waals surface area (Å²) in [4.78, 5) is 15.1. The van der Waals surface area contributed by atoms with Gasteiger partial charge in [0.15, 0.2) is 17.5 Å². The summed E-state index contributed by atoms with van der Waals surface area (Å²) >= 11 is 1.09. The van der Waals surface area contributed by atoms with E-state index in [1.54, 1.807) is 0 Å². The first-order valence-corrected chi connectivity index (χ1v) is 20.9. The van der Waals surface area contributed by atoms with Crippen LogP contribution < -0.4 is 0 Å². The molecule has 2 heterocycles. The third kappa shape index (κ3) is 6.33. The van der Waals surface area contributed by atoms with Crippen LogP contribution in [-0.2, 0) is 0 Å². The lowest BCUT2D eigenvalue weighted by molar-refractivity contribution is 1.08. The Hall–Kier alpha value is -7.79. The van der Waals surface area contributed by atoms with Crippen molar-refractivity contribution >= 4 is 63.8 Å². The smallest absolute Gasteiger partial charge is 0.164 e. The average molecular weight is 800 g/mol. The maximum Gasteiger partial charge on any atom is 0.164 e. The molecule has 0 aliphatic heterocycles. The molecule has 0 fully saturated rings. The quantitative estimate of drug-likeness (QED) is 0.157. The number of rotatable bonds is 6.